The minimum Gasteiger partial charge on any atom is -0.469 e. The number of methoxy groups -OCH3 is 1. The third-order valence-corrected chi connectivity index (χ3v) is 8.63. The van der Waals surface area contributed by atoms with Gasteiger partial charge >= 0.3 is 5.97 Å². The number of esters is 1. The van der Waals surface area contributed by atoms with Crippen LogP contribution in [-0.2, 0) is 29.1 Å². The van der Waals surface area contributed by atoms with Crippen molar-refractivity contribution in [3.8, 4) is 0 Å². The van der Waals surface area contributed by atoms with Crippen molar-refractivity contribution in [1.29, 1.82) is 0 Å². The Balaban J connectivity index is 2.20. The average molecular weight is 557 g/mol. The van der Waals surface area contributed by atoms with Crippen molar-refractivity contribution in [2.24, 2.45) is 0 Å². The Bertz CT molecular complexity index is 1190. The predicted octanol–water partition coefficient (Wildman–Crippen LogP) is 4.24. The van der Waals surface area contributed by atoms with Crippen LogP contribution in [0, 0.1) is 0 Å². The fourth-order valence-electron chi connectivity index (χ4n) is 4.26. The molecule has 4 atom stereocenters. The van der Waals surface area contributed by atoms with Crippen LogP contribution in [0.5, 0.6) is 0 Å². The molecule has 1 heterocycles. The maximum absolute atomic E-state index is 13.9. The van der Waals surface area contributed by atoms with Gasteiger partial charge in [-0.05, 0) is 41.8 Å². The highest BCUT2D eigenvalue weighted by atomic mass is 35.5. The summed E-state index contributed by atoms with van der Waals surface area (Å²) in [4.78, 5) is 27.6. The average Bonchev–Trinajstić information content (AvgIpc) is 2.84. The molecular formula is C25H30Cl2N2O6S. The van der Waals surface area contributed by atoms with E-state index in [0.717, 1.165) is 4.31 Å². The van der Waals surface area contributed by atoms with Crippen LogP contribution in [0.25, 0.3) is 0 Å². The first kappa shape index (κ1) is 28.4. The first-order valence-corrected chi connectivity index (χ1v) is 13.8. The van der Waals surface area contributed by atoms with Crippen molar-refractivity contribution >= 4 is 45.1 Å². The van der Waals surface area contributed by atoms with E-state index in [1.54, 1.807) is 47.4 Å². The number of nitrogens with zero attached hydrogens (tertiary/aromatic N) is 2. The fourth-order valence-corrected chi connectivity index (χ4v) is 5.77. The van der Waals surface area contributed by atoms with Gasteiger partial charge in [-0.25, -0.2) is 12.7 Å². The fraction of sp³-hybridized carbons (Fsp3) is 0.440. The van der Waals surface area contributed by atoms with Crippen LogP contribution in [0.4, 0.5) is 0 Å². The van der Waals surface area contributed by atoms with E-state index >= 15 is 0 Å². The molecule has 36 heavy (non-hydrogen) atoms. The highest BCUT2D eigenvalue weighted by Gasteiger charge is 2.48. The Hall–Kier alpha value is -2.17. The van der Waals surface area contributed by atoms with Crippen molar-refractivity contribution in [2.75, 3.05) is 27.0 Å². The Morgan fingerprint density at radius 3 is 2.33 bits per heavy atom. The van der Waals surface area contributed by atoms with Crippen LogP contribution in [0.15, 0.2) is 48.5 Å². The molecule has 11 heteroatoms. The van der Waals surface area contributed by atoms with Gasteiger partial charge in [-0.3, -0.25) is 9.59 Å². The highest BCUT2D eigenvalue weighted by Crippen LogP contribution is 2.44. The highest BCUT2D eigenvalue weighted by molar-refractivity contribution is 7.89. The smallest absolute Gasteiger partial charge is 0.308 e. The van der Waals surface area contributed by atoms with Crippen molar-refractivity contribution in [2.45, 2.75) is 44.1 Å². The molecule has 1 saturated heterocycles. The second kappa shape index (κ2) is 11.9. The molecule has 196 valence electrons. The molecule has 8 nitrogen and oxygen atoms in total. The molecule has 0 bridgehead atoms. The van der Waals surface area contributed by atoms with Gasteiger partial charge in [-0.15, -0.1) is 0 Å². The molecule has 0 radical (unpaired) electrons. The van der Waals surface area contributed by atoms with Crippen molar-refractivity contribution < 1.29 is 27.5 Å². The van der Waals surface area contributed by atoms with Crippen LogP contribution >= 0.6 is 23.2 Å². The maximum Gasteiger partial charge on any atom is 0.308 e. The zero-order chi connectivity index (χ0) is 26.6. The third kappa shape index (κ3) is 6.39. The number of benzene rings is 2. The van der Waals surface area contributed by atoms with Crippen LogP contribution in [0.2, 0.25) is 10.0 Å². The van der Waals surface area contributed by atoms with E-state index in [0.29, 0.717) is 27.6 Å². The largest absolute Gasteiger partial charge is 0.469 e. The lowest BCUT2D eigenvalue weighted by Crippen LogP contribution is -2.57. The maximum atomic E-state index is 13.9. The summed E-state index contributed by atoms with van der Waals surface area (Å²) < 4.78 is 38.0. The summed E-state index contributed by atoms with van der Waals surface area (Å²) in [5, 5.41) is 0.986. The zero-order valence-corrected chi connectivity index (χ0v) is 22.9. The van der Waals surface area contributed by atoms with E-state index in [4.69, 9.17) is 32.7 Å². The normalized spacial score (nSPS) is 21.5. The monoisotopic (exact) mass is 556 g/mol. The van der Waals surface area contributed by atoms with E-state index in [2.05, 4.69) is 0 Å². The van der Waals surface area contributed by atoms with Gasteiger partial charge in [-0.2, -0.15) is 0 Å². The summed E-state index contributed by atoms with van der Waals surface area (Å²) in [7, 11) is 0.475. The van der Waals surface area contributed by atoms with Gasteiger partial charge in [0.05, 0.1) is 25.3 Å². The molecule has 2 aromatic carbocycles. The number of carbonyl (C=O) groups is 2. The minimum absolute atomic E-state index is 0.292. The summed E-state index contributed by atoms with van der Waals surface area (Å²) in [6.07, 6.45) is -1.86. The molecule has 0 unspecified atom stereocenters. The second-order valence-electron chi connectivity index (χ2n) is 8.75. The zero-order valence-electron chi connectivity index (χ0n) is 20.6. The van der Waals surface area contributed by atoms with Gasteiger partial charge in [0.2, 0.25) is 10.0 Å². The molecule has 0 spiro atoms. The van der Waals surface area contributed by atoms with Gasteiger partial charge in [0.25, 0.3) is 5.91 Å². The van der Waals surface area contributed by atoms with Crippen molar-refractivity contribution in [3.05, 3.63) is 69.7 Å². The SMILES string of the molecule is CC[C@@H](CS(=O)(=O)N(C)C)N1C(=O)[C@@H](CC(=O)OC)O[C@H](c2cccc(Cl)c2)[C@H]1c1ccc(Cl)cc1. The van der Waals surface area contributed by atoms with Crippen molar-refractivity contribution in [3.63, 3.8) is 0 Å². The Morgan fingerprint density at radius 2 is 1.78 bits per heavy atom. The number of amides is 1. The molecule has 1 aliphatic heterocycles. The number of carbonyl (C=O) groups excluding carboxylic acids is 2. The molecule has 1 amide bonds. The Morgan fingerprint density at radius 1 is 1.11 bits per heavy atom. The lowest BCUT2D eigenvalue weighted by molar-refractivity contribution is -0.183. The van der Waals surface area contributed by atoms with Gasteiger partial charge in [0, 0.05) is 30.2 Å². The predicted molar refractivity (Wildman–Crippen MR) is 138 cm³/mol. The number of hydrogen-bond acceptors (Lipinski definition) is 6. The standard InChI is InChI=1S/C25H30Cl2N2O6S/c1-5-20(15-36(32,33)28(2)3)29-23(16-9-11-18(26)12-10-16)24(17-7-6-8-19(27)13-17)35-21(25(29)31)14-22(30)34-4/h6-13,20-21,23-24H,5,14-15H2,1-4H3/t20-,21+,23+,24+/m0/s1. The molecule has 0 aromatic heterocycles. The van der Waals surface area contributed by atoms with Gasteiger partial charge in [-0.1, -0.05) is 54.4 Å². The van der Waals surface area contributed by atoms with E-state index in [-0.39, 0.29) is 12.2 Å². The van der Waals surface area contributed by atoms with Gasteiger partial charge < -0.3 is 14.4 Å². The van der Waals surface area contributed by atoms with Gasteiger partial charge in [0.15, 0.2) is 0 Å². The number of hydrogen-bond donors (Lipinski definition) is 0. The molecule has 0 N–H and O–H groups in total. The minimum atomic E-state index is -3.66. The number of ether oxygens (including phenoxy) is 2. The first-order chi connectivity index (χ1) is 17.0. The lowest BCUT2D eigenvalue weighted by Gasteiger charge is -2.48. The summed E-state index contributed by atoms with van der Waals surface area (Å²) in [6, 6.07) is 12.6. The van der Waals surface area contributed by atoms with Crippen LogP contribution in [-0.4, -0.2) is 68.6 Å². The third-order valence-electron chi connectivity index (χ3n) is 6.22. The van der Waals surface area contributed by atoms with E-state index in [1.807, 2.05) is 13.0 Å². The number of halogens is 2. The van der Waals surface area contributed by atoms with Crippen LogP contribution < -0.4 is 0 Å². The Kier molecular flexibility index (Phi) is 9.40. The molecule has 2 aromatic rings. The summed E-state index contributed by atoms with van der Waals surface area (Å²) >= 11 is 12.4. The number of morpholine rings is 1. The number of sulfonamides is 1. The molecule has 1 aliphatic rings. The number of rotatable bonds is 9. The second-order valence-corrected chi connectivity index (χ2v) is 11.8. The van der Waals surface area contributed by atoms with Crippen LogP contribution in [0.1, 0.15) is 43.0 Å². The summed E-state index contributed by atoms with van der Waals surface area (Å²) in [6.45, 7) is 1.82. The van der Waals surface area contributed by atoms with E-state index < -0.39 is 46.2 Å². The van der Waals surface area contributed by atoms with Crippen molar-refractivity contribution in [1.82, 2.24) is 9.21 Å². The quantitative estimate of drug-likeness (QED) is 0.429. The first-order valence-electron chi connectivity index (χ1n) is 11.4. The van der Waals surface area contributed by atoms with Crippen LogP contribution in [0.3, 0.4) is 0 Å². The topological polar surface area (TPSA) is 93.2 Å². The Labute approximate surface area is 222 Å². The molecule has 1 fully saturated rings. The molecule has 0 saturated carbocycles. The lowest BCUT2D eigenvalue weighted by atomic mass is 9.89. The van der Waals surface area contributed by atoms with E-state index in [9.17, 15) is 18.0 Å². The summed E-state index contributed by atoms with van der Waals surface area (Å²) in [5.41, 5.74) is 1.38. The van der Waals surface area contributed by atoms with Gasteiger partial charge in [0.1, 0.15) is 12.2 Å². The van der Waals surface area contributed by atoms with E-state index in [1.165, 1.54) is 21.2 Å². The summed E-state index contributed by atoms with van der Waals surface area (Å²) in [5.74, 6) is -1.39. The molecule has 0 aliphatic carbocycles. The molecule has 3 rings (SSSR count). The molecular weight excluding hydrogens is 527 g/mol.